The monoisotopic (exact) mass is 360 g/mol. The first kappa shape index (κ1) is 15.7. The maximum absolute atomic E-state index is 12.0. The third-order valence-corrected chi connectivity index (χ3v) is 3.29. The van der Waals surface area contributed by atoms with E-state index in [1.807, 2.05) is 24.3 Å². The summed E-state index contributed by atoms with van der Waals surface area (Å²) in [6, 6.07) is 13.2. The Balaban J connectivity index is 1.91. The number of benzene rings is 2. The molecule has 2 rings (SSSR count). The molecule has 0 aliphatic heterocycles. The molecule has 0 bridgehead atoms. The van der Waals surface area contributed by atoms with Crippen molar-refractivity contribution in [1.82, 2.24) is 0 Å². The van der Waals surface area contributed by atoms with Crippen LogP contribution in [0.25, 0.3) is 0 Å². The van der Waals surface area contributed by atoms with Crippen LogP contribution >= 0.6 is 15.9 Å². The fraction of sp³-hybridized carbons (Fsp3) is 0.200. The Morgan fingerprint density at radius 1 is 0.810 bits per heavy atom. The first-order valence-electron chi connectivity index (χ1n) is 6.09. The Morgan fingerprint density at radius 3 is 1.86 bits per heavy atom. The summed E-state index contributed by atoms with van der Waals surface area (Å²) in [5, 5.41) is 0.772. The van der Waals surface area contributed by atoms with Crippen LogP contribution in [0.15, 0.2) is 48.5 Å². The fourth-order valence-corrected chi connectivity index (χ4v) is 2.00. The summed E-state index contributed by atoms with van der Waals surface area (Å²) in [6.45, 7) is 0.278. The first-order chi connectivity index (χ1) is 9.96. The predicted molar refractivity (Wildman–Crippen MR) is 76.5 cm³/mol. The molecule has 0 atom stereocenters. The summed E-state index contributed by atoms with van der Waals surface area (Å²) in [7, 11) is 0. The van der Waals surface area contributed by atoms with Crippen molar-refractivity contribution in [1.29, 1.82) is 0 Å². The van der Waals surface area contributed by atoms with E-state index < -0.39 is 6.36 Å². The van der Waals surface area contributed by atoms with Crippen LogP contribution in [0, 0.1) is 0 Å². The van der Waals surface area contributed by atoms with Crippen LogP contribution < -0.4 is 9.47 Å². The van der Waals surface area contributed by atoms with Gasteiger partial charge in [0.05, 0.1) is 0 Å². The number of hydrogen-bond donors (Lipinski definition) is 0. The molecule has 2 aromatic rings. The van der Waals surface area contributed by atoms with Gasteiger partial charge in [0, 0.05) is 5.33 Å². The predicted octanol–water partition coefficient (Wildman–Crippen LogP) is 5.06. The SMILES string of the molecule is FC(F)(F)Oc1ccc(COc2ccc(CBr)cc2)cc1. The van der Waals surface area contributed by atoms with Crippen molar-refractivity contribution in [3.63, 3.8) is 0 Å². The lowest BCUT2D eigenvalue weighted by atomic mass is 10.2. The Morgan fingerprint density at radius 2 is 1.33 bits per heavy atom. The molecule has 2 nitrogen and oxygen atoms in total. The second-order valence-electron chi connectivity index (χ2n) is 4.26. The second-order valence-corrected chi connectivity index (χ2v) is 4.82. The fourth-order valence-electron chi connectivity index (χ4n) is 1.63. The van der Waals surface area contributed by atoms with Crippen LogP contribution in [0.1, 0.15) is 11.1 Å². The van der Waals surface area contributed by atoms with Gasteiger partial charge in [-0.3, -0.25) is 0 Å². The van der Waals surface area contributed by atoms with Crippen molar-refractivity contribution in [3.8, 4) is 11.5 Å². The standard InChI is InChI=1S/C15H12BrF3O2/c16-9-11-1-5-13(6-2-11)20-10-12-3-7-14(8-4-12)21-15(17,18)19/h1-8H,9-10H2. The van der Waals surface area contributed by atoms with E-state index in [1.165, 1.54) is 24.3 Å². The zero-order valence-corrected chi connectivity index (χ0v) is 12.4. The van der Waals surface area contributed by atoms with Crippen molar-refractivity contribution in [2.75, 3.05) is 0 Å². The van der Waals surface area contributed by atoms with Crippen molar-refractivity contribution < 1.29 is 22.6 Å². The average molecular weight is 361 g/mol. The van der Waals surface area contributed by atoms with Gasteiger partial charge in [-0.25, -0.2) is 0 Å². The third-order valence-electron chi connectivity index (χ3n) is 2.64. The van der Waals surface area contributed by atoms with Crippen LogP contribution in [0.3, 0.4) is 0 Å². The molecule has 21 heavy (non-hydrogen) atoms. The maximum Gasteiger partial charge on any atom is 0.573 e. The van der Waals surface area contributed by atoms with Crippen LogP contribution in [0.2, 0.25) is 0 Å². The highest BCUT2D eigenvalue weighted by Crippen LogP contribution is 2.23. The van der Waals surface area contributed by atoms with Gasteiger partial charge in [-0.1, -0.05) is 40.2 Å². The molecule has 0 saturated heterocycles. The lowest BCUT2D eigenvalue weighted by Crippen LogP contribution is -2.17. The number of ether oxygens (including phenoxy) is 2. The quantitative estimate of drug-likeness (QED) is 0.694. The molecule has 0 saturated carbocycles. The molecule has 2 aromatic carbocycles. The van der Waals surface area contributed by atoms with Crippen LogP contribution in [-0.2, 0) is 11.9 Å². The summed E-state index contributed by atoms with van der Waals surface area (Å²) in [6.07, 6.45) is -4.67. The van der Waals surface area contributed by atoms with Crippen molar-refractivity contribution in [2.45, 2.75) is 18.3 Å². The maximum atomic E-state index is 12.0. The van der Waals surface area contributed by atoms with Crippen molar-refractivity contribution >= 4 is 15.9 Å². The number of halogens is 4. The molecule has 112 valence electrons. The lowest BCUT2D eigenvalue weighted by molar-refractivity contribution is -0.274. The molecule has 0 aliphatic rings. The number of rotatable bonds is 5. The Hall–Kier alpha value is -1.69. The molecule has 0 spiro atoms. The van der Waals surface area contributed by atoms with Crippen LogP contribution in [-0.4, -0.2) is 6.36 Å². The van der Waals surface area contributed by atoms with Gasteiger partial charge in [-0.05, 0) is 35.4 Å². The van der Waals surface area contributed by atoms with E-state index in [0.29, 0.717) is 5.75 Å². The van der Waals surface area contributed by atoms with Crippen LogP contribution in [0.4, 0.5) is 13.2 Å². The van der Waals surface area contributed by atoms with E-state index in [4.69, 9.17) is 4.74 Å². The molecule has 0 amide bonds. The minimum Gasteiger partial charge on any atom is -0.489 e. The van der Waals surface area contributed by atoms with E-state index in [0.717, 1.165) is 16.5 Å². The van der Waals surface area contributed by atoms with E-state index >= 15 is 0 Å². The zero-order valence-electron chi connectivity index (χ0n) is 10.9. The van der Waals surface area contributed by atoms with E-state index in [-0.39, 0.29) is 12.4 Å². The molecule has 0 N–H and O–H groups in total. The minimum atomic E-state index is -4.67. The summed E-state index contributed by atoms with van der Waals surface area (Å²) in [5.41, 5.74) is 1.89. The van der Waals surface area contributed by atoms with Gasteiger partial charge in [0.25, 0.3) is 0 Å². The zero-order chi connectivity index (χ0) is 15.3. The van der Waals surface area contributed by atoms with Gasteiger partial charge >= 0.3 is 6.36 Å². The van der Waals surface area contributed by atoms with Gasteiger partial charge in [0.1, 0.15) is 18.1 Å². The van der Waals surface area contributed by atoms with E-state index in [1.54, 1.807) is 0 Å². The normalized spacial score (nSPS) is 11.2. The first-order valence-corrected chi connectivity index (χ1v) is 7.21. The Kier molecular flexibility index (Phi) is 5.12. The molecule has 0 aromatic heterocycles. The Bertz CT molecular complexity index is 565. The van der Waals surface area contributed by atoms with Gasteiger partial charge < -0.3 is 9.47 Å². The molecular weight excluding hydrogens is 349 g/mol. The molecule has 0 aliphatic carbocycles. The minimum absolute atomic E-state index is 0.243. The largest absolute Gasteiger partial charge is 0.573 e. The van der Waals surface area contributed by atoms with Crippen molar-refractivity contribution in [3.05, 3.63) is 59.7 Å². The van der Waals surface area contributed by atoms with Gasteiger partial charge in [-0.15, -0.1) is 13.2 Å². The second kappa shape index (κ2) is 6.85. The van der Waals surface area contributed by atoms with Gasteiger partial charge in [0.2, 0.25) is 0 Å². The number of hydrogen-bond acceptors (Lipinski definition) is 2. The topological polar surface area (TPSA) is 18.5 Å². The molecular formula is C15H12BrF3O2. The van der Waals surface area contributed by atoms with Crippen molar-refractivity contribution in [2.24, 2.45) is 0 Å². The van der Waals surface area contributed by atoms with Crippen LogP contribution in [0.5, 0.6) is 11.5 Å². The summed E-state index contributed by atoms with van der Waals surface area (Å²) >= 11 is 3.35. The summed E-state index contributed by atoms with van der Waals surface area (Å²) < 4.78 is 45.4. The average Bonchev–Trinajstić information content (AvgIpc) is 2.45. The van der Waals surface area contributed by atoms with Gasteiger partial charge in [-0.2, -0.15) is 0 Å². The summed E-state index contributed by atoms with van der Waals surface area (Å²) in [5.74, 6) is 0.461. The summed E-state index contributed by atoms with van der Waals surface area (Å²) in [4.78, 5) is 0. The highest BCUT2D eigenvalue weighted by molar-refractivity contribution is 9.08. The molecule has 0 heterocycles. The molecule has 6 heteroatoms. The number of alkyl halides is 4. The lowest BCUT2D eigenvalue weighted by Gasteiger charge is -2.10. The molecule has 0 fully saturated rings. The van der Waals surface area contributed by atoms with E-state index in [2.05, 4.69) is 20.7 Å². The highest BCUT2D eigenvalue weighted by atomic mass is 79.9. The molecule has 0 unspecified atom stereocenters. The van der Waals surface area contributed by atoms with E-state index in [9.17, 15) is 13.2 Å². The van der Waals surface area contributed by atoms with Gasteiger partial charge in [0.15, 0.2) is 0 Å². The molecule has 0 radical (unpaired) electrons. The highest BCUT2D eigenvalue weighted by Gasteiger charge is 2.30. The third kappa shape index (κ3) is 5.30. The Labute approximate surface area is 128 Å². The smallest absolute Gasteiger partial charge is 0.489 e.